The van der Waals surface area contributed by atoms with E-state index >= 15 is 0 Å². The van der Waals surface area contributed by atoms with Gasteiger partial charge in [0.2, 0.25) is 17.0 Å². The number of hydrogen-bond donors (Lipinski definition) is 3. The Bertz CT molecular complexity index is 1270. The van der Waals surface area contributed by atoms with E-state index in [2.05, 4.69) is 20.6 Å². The van der Waals surface area contributed by atoms with Crippen LogP contribution in [0, 0.1) is 0 Å². The number of furan rings is 1. The topological polar surface area (TPSA) is 167 Å². The van der Waals surface area contributed by atoms with Gasteiger partial charge in [-0.1, -0.05) is 25.1 Å². The summed E-state index contributed by atoms with van der Waals surface area (Å²) >= 11 is 0. The number of nitrogens with zero attached hydrogens (tertiary/aromatic N) is 2. The molecule has 12 nitrogen and oxygen atoms in total. The van der Waals surface area contributed by atoms with Gasteiger partial charge in [0.1, 0.15) is 17.2 Å². The lowest BCUT2D eigenvalue weighted by molar-refractivity contribution is -0.150. The third-order valence-electron chi connectivity index (χ3n) is 4.85. The molecule has 1 aromatic carbocycles. The van der Waals surface area contributed by atoms with Gasteiger partial charge in [-0.25, -0.2) is 14.6 Å². The standard InChI is InChI=1S/C23H25N5O7S/c1-3-10-32-18-7-5-4-6-15(18)11-26-22(24)28-23-27-17(13-36(23)34-20(30)21(31)35-36)19-9-8-16(33-19)12-25-14(2)29/h4-9,13H,3,10-12H2,1-2H3,(H,25,29)(H3,24,26,27,28). The van der Waals surface area contributed by atoms with Crippen molar-refractivity contribution in [1.29, 1.82) is 0 Å². The highest BCUT2D eigenvalue weighted by molar-refractivity contribution is 8.41. The van der Waals surface area contributed by atoms with Crippen LogP contribution >= 0.6 is 10.6 Å². The maximum Gasteiger partial charge on any atom is 0.442 e. The molecule has 1 aromatic heterocycles. The number of ether oxygens (including phenoxy) is 1. The molecule has 0 radical (unpaired) electrons. The van der Waals surface area contributed by atoms with Crippen molar-refractivity contribution in [2.45, 2.75) is 33.4 Å². The van der Waals surface area contributed by atoms with E-state index in [9.17, 15) is 14.4 Å². The summed E-state index contributed by atoms with van der Waals surface area (Å²) in [5, 5.41) is 7.02. The summed E-state index contributed by atoms with van der Waals surface area (Å²) in [6.07, 6.45) is 0.862. The Balaban J connectivity index is 1.57. The van der Waals surface area contributed by atoms with E-state index < -0.39 is 22.5 Å². The summed E-state index contributed by atoms with van der Waals surface area (Å²) < 4.78 is 22.0. The van der Waals surface area contributed by atoms with Gasteiger partial charge in [0.05, 0.1) is 25.1 Å². The summed E-state index contributed by atoms with van der Waals surface area (Å²) in [5.74, 6) is -1.08. The summed E-state index contributed by atoms with van der Waals surface area (Å²) in [5.41, 5.74) is 7.22. The number of amidine groups is 1. The lowest BCUT2D eigenvalue weighted by Crippen LogP contribution is -2.24. The Kier molecular flexibility index (Phi) is 7.29. The molecular weight excluding hydrogens is 490 g/mol. The summed E-state index contributed by atoms with van der Waals surface area (Å²) in [4.78, 5) is 43.4. The maximum atomic E-state index is 11.9. The van der Waals surface area contributed by atoms with Crippen LogP contribution in [-0.4, -0.2) is 35.6 Å². The molecule has 4 N–H and O–H groups in total. The maximum absolute atomic E-state index is 11.9. The van der Waals surface area contributed by atoms with Crippen molar-refractivity contribution in [2.24, 2.45) is 15.7 Å². The Morgan fingerprint density at radius 3 is 2.64 bits per heavy atom. The van der Waals surface area contributed by atoms with Gasteiger partial charge < -0.3 is 33.9 Å². The van der Waals surface area contributed by atoms with Crippen LogP contribution in [0.5, 0.6) is 5.75 Å². The largest absolute Gasteiger partial charge is 0.493 e. The highest BCUT2D eigenvalue weighted by Crippen LogP contribution is 2.60. The van der Waals surface area contributed by atoms with Crippen LogP contribution in [-0.2, 0) is 35.8 Å². The fourth-order valence-corrected chi connectivity index (χ4v) is 5.14. The molecule has 2 aliphatic heterocycles. The zero-order valence-corrected chi connectivity index (χ0v) is 20.4. The molecule has 1 spiro atoms. The van der Waals surface area contributed by atoms with Gasteiger partial charge in [0.25, 0.3) is 0 Å². The summed E-state index contributed by atoms with van der Waals surface area (Å²) in [7, 11) is -3.01. The Morgan fingerprint density at radius 2 is 1.92 bits per heavy atom. The summed E-state index contributed by atoms with van der Waals surface area (Å²) in [6.45, 7) is 4.36. The van der Waals surface area contributed by atoms with Crippen LogP contribution in [0.15, 0.2) is 56.2 Å². The minimum atomic E-state index is -3.01. The predicted molar refractivity (Wildman–Crippen MR) is 132 cm³/mol. The molecule has 1 amide bonds. The van der Waals surface area contributed by atoms with Crippen LogP contribution in [0.2, 0.25) is 0 Å². The molecule has 36 heavy (non-hydrogen) atoms. The van der Waals surface area contributed by atoms with Gasteiger partial charge in [-0.05, 0) is 35.2 Å². The van der Waals surface area contributed by atoms with Crippen molar-refractivity contribution in [3.63, 3.8) is 0 Å². The minimum Gasteiger partial charge on any atom is -0.493 e. The van der Waals surface area contributed by atoms with Gasteiger partial charge >= 0.3 is 11.9 Å². The number of rotatable bonds is 8. The first-order valence-electron chi connectivity index (χ1n) is 11.0. The number of para-hydroxylation sites is 1. The number of hydrogen-bond acceptors (Lipinski definition) is 8. The summed E-state index contributed by atoms with van der Waals surface area (Å²) in [6, 6.07) is 10.8. The van der Waals surface area contributed by atoms with E-state index in [4.69, 9.17) is 23.3 Å². The third kappa shape index (κ3) is 5.51. The van der Waals surface area contributed by atoms with E-state index in [1.54, 1.807) is 12.1 Å². The van der Waals surface area contributed by atoms with Crippen molar-refractivity contribution in [1.82, 2.24) is 10.6 Å². The second-order valence-corrected chi connectivity index (χ2v) is 9.71. The molecule has 4 rings (SSSR count). The van der Waals surface area contributed by atoms with Gasteiger partial charge in [-0.3, -0.25) is 4.79 Å². The molecule has 190 valence electrons. The number of nitrogens with one attached hydrogen (secondary N) is 2. The van der Waals surface area contributed by atoms with Crippen LogP contribution in [0.3, 0.4) is 0 Å². The number of amides is 1. The number of carbonyl (C=O) groups excluding carboxylic acids is 3. The lowest BCUT2D eigenvalue weighted by atomic mass is 10.2. The monoisotopic (exact) mass is 515 g/mol. The zero-order chi connectivity index (χ0) is 25.7. The fraction of sp³-hybridized carbons (Fsp3) is 0.261. The van der Waals surface area contributed by atoms with Crippen LogP contribution in [0.4, 0.5) is 0 Å². The average molecular weight is 516 g/mol. The van der Waals surface area contributed by atoms with Crippen molar-refractivity contribution in [3.05, 3.63) is 58.9 Å². The number of guanidine groups is 1. The Hall–Kier alpha value is -4.26. The number of nitrogens with two attached hydrogens (primary N) is 1. The van der Waals surface area contributed by atoms with Gasteiger partial charge in [0, 0.05) is 12.5 Å². The molecule has 1 saturated heterocycles. The van der Waals surface area contributed by atoms with Gasteiger partial charge in [-0.2, -0.15) is 4.99 Å². The third-order valence-corrected chi connectivity index (χ3v) is 6.93. The van der Waals surface area contributed by atoms with Crippen molar-refractivity contribution in [2.75, 3.05) is 6.61 Å². The van der Waals surface area contributed by atoms with Crippen molar-refractivity contribution < 1.29 is 31.9 Å². The number of benzene rings is 1. The minimum absolute atomic E-state index is 0.00767. The molecule has 0 atom stereocenters. The fourth-order valence-electron chi connectivity index (χ4n) is 3.20. The predicted octanol–water partition coefficient (Wildman–Crippen LogP) is 2.21. The molecule has 0 saturated carbocycles. The van der Waals surface area contributed by atoms with Crippen LogP contribution < -0.4 is 21.1 Å². The lowest BCUT2D eigenvalue weighted by Gasteiger charge is -2.26. The average Bonchev–Trinajstić information content (AvgIpc) is 3.53. The van der Waals surface area contributed by atoms with Crippen LogP contribution in [0.1, 0.15) is 37.4 Å². The molecule has 1 fully saturated rings. The number of aliphatic imine (C=N–C) groups is 2. The molecule has 0 bridgehead atoms. The molecule has 3 heterocycles. The smallest absolute Gasteiger partial charge is 0.442 e. The van der Waals surface area contributed by atoms with Gasteiger partial charge in [-0.15, -0.1) is 0 Å². The molecule has 2 aromatic rings. The second-order valence-electron chi connectivity index (χ2n) is 7.67. The molecule has 0 unspecified atom stereocenters. The highest BCUT2D eigenvalue weighted by Gasteiger charge is 2.49. The first-order valence-corrected chi connectivity index (χ1v) is 12.6. The molecule has 13 heteroatoms. The quantitative estimate of drug-likeness (QED) is 0.271. The van der Waals surface area contributed by atoms with E-state index in [1.807, 2.05) is 31.2 Å². The van der Waals surface area contributed by atoms with E-state index in [-0.39, 0.29) is 30.1 Å². The molecular formula is C23H25N5O7S. The number of carbonyl (C=O) groups is 3. The molecule has 2 aliphatic rings. The van der Waals surface area contributed by atoms with Crippen molar-refractivity contribution >= 4 is 45.3 Å². The first-order chi connectivity index (χ1) is 17.3. The second kappa shape index (κ2) is 10.6. The Labute approximate surface area is 208 Å². The van der Waals surface area contributed by atoms with E-state index in [0.717, 1.165) is 12.0 Å². The Morgan fingerprint density at radius 1 is 1.17 bits per heavy atom. The zero-order valence-electron chi connectivity index (χ0n) is 19.6. The van der Waals surface area contributed by atoms with Crippen molar-refractivity contribution in [3.8, 4) is 5.75 Å². The van der Waals surface area contributed by atoms with Gasteiger partial charge in [0.15, 0.2) is 5.76 Å². The highest BCUT2D eigenvalue weighted by atomic mass is 32.3. The van der Waals surface area contributed by atoms with E-state index in [1.165, 1.54) is 12.3 Å². The van der Waals surface area contributed by atoms with Crippen LogP contribution in [0.25, 0.3) is 5.70 Å². The first kappa shape index (κ1) is 24.9. The SMILES string of the molecule is CCCOc1ccccc1CN=C(N)/N=C1\NC(c2ccc(CNC(C)=O)o2)=CS12OC(=O)C(=O)O2. The van der Waals surface area contributed by atoms with E-state index in [0.29, 0.717) is 29.6 Å². The molecule has 0 aliphatic carbocycles. The normalized spacial score (nSPS) is 18.4.